The molecule has 0 aromatic heterocycles. The van der Waals surface area contributed by atoms with Crippen LogP contribution >= 0.6 is 35.6 Å². The Labute approximate surface area is 98.1 Å². The molecule has 0 heterocycles. The van der Waals surface area contributed by atoms with E-state index in [2.05, 4.69) is 0 Å². The lowest BCUT2D eigenvalue weighted by Crippen LogP contribution is -2.19. The molecule has 14 heavy (non-hydrogen) atoms. The molecule has 78 valence electrons. The molecule has 0 spiro atoms. The highest BCUT2D eigenvalue weighted by molar-refractivity contribution is 6.42. The summed E-state index contributed by atoms with van der Waals surface area (Å²) in [4.78, 5) is 0. The van der Waals surface area contributed by atoms with Gasteiger partial charge in [0.15, 0.2) is 0 Å². The van der Waals surface area contributed by atoms with Crippen LogP contribution in [-0.2, 0) is 0 Å². The number of benzene rings is 1. The van der Waals surface area contributed by atoms with Gasteiger partial charge in [0.05, 0.1) is 10.0 Å². The van der Waals surface area contributed by atoms with Crippen LogP contribution < -0.4 is 10.5 Å². The van der Waals surface area contributed by atoms with Crippen LogP contribution in [0, 0.1) is 5.41 Å². The first kappa shape index (κ1) is 13.4. The van der Waals surface area contributed by atoms with Gasteiger partial charge >= 0.3 is 0 Å². The summed E-state index contributed by atoms with van der Waals surface area (Å²) in [6.45, 7) is 0.0535. The molecule has 0 aliphatic carbocycles. The van der Waals surface area contributed by atoms with Crippen LogP contribution in [0.15, 0.2) is 18.2 Å². The maximum Gasteiger partial charge on any atom is 0.145 e. The van der Waals surface area contributed by atoms with Gasteiger partial charge in [0.2, 0.25) is 0 Å². The van der Waals surface area contributed by atoms with Gasteiger partial charge < -0.3 is 10.5 Å². The molecule has 0 saturated carbocycles. The molecule has 0 bridgehead atoms. The normalized spacial score (nSPS) is 9.00. The summed E-state index contributed by atoms with van der Waals surface area (Å²) in [6.07, 6.45) is 0. The van der Waals surface area contributed by atoms with E-state index in [0.29, 0.717) is 15.8 Å². The summed E-state index contributed by atoms with van der Waals surface area (Å²) in [5.41, 5.74) is 5.11. The molecular weight excluding hydrogens is 246 g/mol. The fourth-order valence-corrected chi connectivity index (χ4v) is 1.02. The summed E-state index contributed by atoms with van der Waals surface area (Å²) >= 11 is 11.4. The number of hydrogen-bond donors (Lipinski definition) is 2. The van der Waals surface area contributed by atoms with Crippen LogP contribution in [0.5, 0.6) is 5.75 Å². The molecule has 3 N–H and O–H groups in total. The van der Waals surface area contributed by atoms with Crippen molar-refractivity contribution in [2.75, 3.05) is 6.61 Å². The van der Waals surface area contributed by atoms with E-state index in [0.717, 1.165) is 0 Å². The average Bonchev–Trinajstić information content (AvgIpc) is 2.07. The van der Waals surface area contributed by atoms with Gasteiger partial charge in [-0.3, -0.25) is 5.41 Å². The Morgan fingerprint density at radius 3 is 2.50 bits per heavy atom. The molecule has 0 unspecified atom stereocenters. The van der Waals surface area contributed by atoms with Gasteiger partial charge in [0.1, 0.15) is 18.2 Å². The second-order valence-corrected chi connectivity index (χ2v) is 3.20. The number of ether oxygens (including phenoxy) is 1. The number of halogens is 3. The van der Waals surface area contributed by atoms with E-state index in [-0.39, 0.29) is 24.8 Å². The van der Waals surface area contributed by atoms with E-state index in [1.165, 1.54) is 0 Å². The van der Waals surface area contributed by atoms with Crippen molar-refractivity contribution in [2.24, 2.45) is 5.73 Å². The Bertz CT molecular complexity index is 330. The molecule has 6 heteroatoms. The third kappa shape index (κ3) is 4.05. The van der Waals surface area contributed by atoms with Crippen molar-refractivity contribution < 1.29 is 4.74 Å². The third-order valence-corrected chi connectivity index (χ3v) is 2.02. The molecule has 1 rings (SSSR count). The van der Waals surface area contributed by atoms with E-state index in [1.807, 2.05) is 0 Å². The molecule has 1 aromatic rings. The maximum absolute atomic E-state index is 6.93. The van der Waals surface area contributed by atoms with Crippen LogP contribution in [0.3, 0.4) is 0 Å². The van der Waals surface area contributed by atoms with Crippen LogP contribution in [0.4, 0.5) is 0 Å². The topological polar surface area (TPSA) is 59.1 Å². The highest BCUT2D eigenvalue weighted by Gasteiger charge is 2.00. The predicted molar refractivity (Wildman–Crippen MR) is 61.1 cm³/mol. The van der Waals surface area contributed by atoms with Crippen LogP contribution in [0.25, 0.3) is 0 Å². The van der Waals surface area contributed by atoms with Crippen LogP contribution in [0.2, 0.25) is 10.0 Å². The van der Waals surface area contributed by atoms with Gasteiger partial charge in [-0.25, -0.2) is 0 Å². The number of nitrogens with two attached hydrogens (primary N) is 1. The molecule has 0 aliphatic heterocycles. The molecule has 0 radical (unpaired) electrons. The SMILES string of the molecule is Cl.N=C(N)COc1ccc(Cl)c(Cl)c1. The minimum Gasteiger partial charge on any atom is -0.486 e. The van der Waals surface area contributed by atoms with Gasteiger partial charge in [-0.1, -0.05) is 23.2 Å². The fourth-order valence-electron chi connectivity index (χ4n) is 0.728. The molecular formula is C8H9Cl3N2O. The number of amidine groups is 1. The number of nitrogens with one attached hydrogen (secondary N) is 1. The first-order valence-corrected chi connectivity index (χ1v) is 4.26. The first-order chi connectivity index (χ1) is 6.09. The zero-order valence-electron chi connectivity index (χ0n) is 7.09. The summed E-state index contributed by atoms with van der Waals surface area (Å²) in [5, 5.41) is 7.82. The monoisotopic (exact) mass is 254 g/mol. The molecule has 3 nitrogen and oxygen atoms in total. The van der Waals surface area contributed by atoms with Crippen LogP contribution in [0.1, 0.15) is 0 Å². The fraction of sp³-hybridized carbons (Fsp3) is 0.125. The quantitative estimate of drug-likeness (QED) is 0.644. The van der Waals surface area contributed by atoms with E-state index < -0.39 is 0 Å². The lowest BCUT2D eigenvalue weighted by Gasteiger charge is -2.05. The Hall–Kier alpha value is -0.640. The van der Waals surface area contributed by atoms with E-state index in [9.17, 15) is 0 Å². The smallest absolute Gasteiger partial charge is 0.145 e. The molecule has 0 aliphatic rings. The third-order valence-electron chi connectivity index (χ3n) is 1.29. The molecule has 0 saturated heterocycles. The van der Waals surface area contributed by atoms with Crippen molar-refractivity contribution in [3.8, 4) is 5.75 Å². The van der Waals surface area contributed by atoms with E-state index >= 15 is 0 Å². The largest absolute Gasteiger partial charge is 0.486 e. The summed E-state index contributed by atoms with van der Waals surface area (Å²) in [6, 6.07) is 4.86. The van der Waals surface area contributed by atoms with Crippen molar-refractivity contribution in [1.82, 2.24) is 0 Å². The molecule has 1 aromatic carbocycles. The van der Waals surface area contributed by atoms with Gasteiger partial charge in [-0.15, -0.1) is 12.4 Å². The minimum absolute atomic E-state index is 0. The lowest BCUT2D eigenvalue weighted by molar-refractivity contribution is 0.374. The minimum atomic E-state index is -0.0360. The second kappa shape index (κ2) is 5.96. The Kier molecular flexibility index (Phi) is 5.69. The molecule has 0 amide bonds. The van der Waals surface area contributed by atoms with E-state index in [1.54, 1.807) is 18.2 Å². The Morgan fingerprint density at radius 2 is 2.00 bits per heavy atom. The van der Waals surface area contributed by atoms with Crippen molar-refractivity contribution in [1.29, 1.82) is 5.41 Å². The van der Waals surface area contributed by atoms with Gasteiger partial charge in [-0.2, -0.15) is 0 Å². The standard InChI is InChI=1S/C8H8Cl2N2O.ClH/c9-6-2-1-5(3-7(6)10)13-4-8(11)12;/h1-3H,4H2,(H3,11,12);1H. The van der Waals surface area contributed by atoms with Gasteiger partial charge in [0.25, 0.3) is 0 Å². The van der Waals surface area contributed by atoms with Crippen molar-refractivity contribution in [3.63, 3.8) is 0 Å². The van der Waals surface area contributed by atoms with Crippen molar-refractivity contribution in [3.05, 3.63) is 28.2 Å². The predicted octanol–water partition coefficient (Wildman–Crippen LogP) is 2.73. The lowest BCUT2D eigenvalue weighted by atomic mass is 10.3. The molecule has 0 fully saturated rings. The van der Waals surface area contributed by atoms with Gasteiger partial charge in [0, 0.05) is 6.07 Å². The highest BCUT2D eigenvalue weighted by atomic mass is 35.5. The van der Waals surface area contributed by atoms with Crippen molar-refractivity contribution in [2.45, 2.75) is 0 Å². The van der Waals surface area contributed by atoms with E-state index in [4.69, 9.17) is 39.1 Å². The zero-order chi connectivity index (χ0) is 9.84. The summed E-state index contributed by atoms with van der Waals surface area (Å²) in [5.74, 6) is 0.510. The summed E-state index contributed by atoms with van der Waals surface area (Å²) in [7, 11) is 0. The first-order valence-electron chi connectivity index (χ1n) is 3.50. The Morgan fingerprint density at radius 1 is 1.36 bits per heavy atom. The maximum atomic E-state index is 6.93. The average molecular weight is 256 g/mol. The number of hydrogen-bond acceptors (Lipinski definition) is 2. The van der Waals surface area contributed by atoms with Crippen molar-refractivity contribution >= 4 is 41.4 Å². The zero-order valence-corrected chi connectivity index (χ0v) is 9.42. The Balaban J connectivity index is 0.00000169. The summed E-state index contributed by atoms with van der Waals surface area (Å²) < 4.78 is 5.11. The van der Waals surface area contributed by atoms with Gasteiger partial charge in [-0.05, 0) is 12.1 Å². The highest BCUT2D eigenvalue weighted by Crippen LogP contribution is 2.26. The molecule has 0 atom stereocenters. The van der Waals surface area contributed by atoms with Crippen LogP contribution in [-0.4, -0.2) is 12.4 Å². The number of rotatable bonds is 3. The second-order valence-electron chi connectivity index (χ2n) is 2.39.